The Morgan fingerprint density at radius 1 is 1.25 bits per heavy atom. The maximum absolute atomic E-state index is 4.53. The summed E-state index contributed by atoms with van der Waals surface area (Å²) in [5.41, 5.74) is 2.54. The predicted octanol–water partition coefficient (Wildman–Crippen LogP) is 1.13. The van der Waals surface area contributed by atoms with Gasteiger partial charge >= 0.3 is 0 Å². The number of aryl methyl sites for hydroxylation is 1. The summed E-state index contributed by atoms with van der Waals surface area (Å²) in [5, 5.41) is 2.52. The van der Waals surface area contributed by atoms with Crippen LogP contribution in [-0.2, 0) is 0 Å². The van der Waals surface area contributed by atoms with E-state index in [0.29, 0.717) is 0 Å². The highest BCUT2D eigenvalue weighted by Crippen LogP contribution is 2.05. The van der Waals surface area contributed by atoms with E-state index in [0.717, 1.165) is 5.69 Å². The zero-order chi connectivity index (χ0) is 8.55. The molecular weight excluding hydrogens is 146 g/mol. The zero-order valence-electron chi connectivity index (χ0n) is 7.59. The molecule has 0 unspecified atom stereocenters. The van der Waals surface area contributed by atoms with E-state index in [-0.39, 0.29) is 0 Å². The molecule has 0 atom stereocenters. The maximum atomic E-state index is 4.53. The van der Waals surface area contributed by atoms with E-state index in [2.05, 4.69) is 30.1 Å². The van der Waals surface area contributed by atoms with Crippen molar-refractivity contribution >= 4 is 11.6 Å². The van der Waals surface area contributed by atoms with Gasteiger partial charge < -0.3 is 0 Å². The van der Waals surface area contributed by atoms with E-state index in [4.69, 9.17) is 0 Å². The van der Waals surface area contributed by atoms with Crippen molar-refractivity contribution in [2.75, 3.05) is 0 Å². The molecule has 12 heavy (non-hydrogen) atoms. The Morgan fingerprint density at radius 2 is 2.08 bits per heavy atom. The molecular formula is C11H13N. The van der Waals surface area contributed by atoms with Crippen LogP contribution in [0.25, 0.3) is 11.6 Å². The van der Waals surface area contributed by atoms with Gasteiger partial charge in [-0.15, -0.1) is 0 Å². The largest absolute Gasteiger partial charge is 0.253 e. The van der Waals surface area contributed by atoms with Crippen molar-refractivity contribution in [2.45, 2.75) is 26.7 Å². The molecule has 0 amide bonds. The highest BCUT2D eigenvalue weighted by Gasteiger charge is 1.99. The lowest BCUT2D eigenvalue weighted by Crippen LogP contribution is -2.32. The van der Waals surface area contributed by atoms with Crippen molar-refractivity contribution in [1.82, 2.24) is 4.98 Å². The molecule has 2 rings (SSSR count). The SMILES string of the molecule is CC1=c2nc(C)ccc2=CCC1. The lowest BCUT2D eigenvalue weighted by Gasteiger charge is -2.05. The second-order valence-corrected chi connectivity index (χ2v) is 3.41. The fraction of sp³-hybridized carbons (Fsp3) is 0.364. The van der Waals surface area contributed by atoms with Crippen molar-refractivity contribution in [3.8, 4) is 0 Å². The van der Waals surface area contributed by atoms with E-state index in [1.165, 1.54) is 29.0 Å². The third kappa shape index (κ3) is 1.15. The number of hydrogen-bond acceptors (Lipinski definition) is 1. The molecule has 0 aliphatic heterocycles. The fourth-order valence-corrected chi connectivity index (χ4v) is 1.64. The third-order valence-electron chi connectivity index (χ3n) is 2.35. The standard InChI is InChI=1S/C11H13N/c1-8-4-3-5-10-7-6-9(2)12-11(8)10/h5-7H,3-4H2,1-2H3. The first-order valence-electron chi connectivity index (χ1n) is 4.41. The van der Waals surface area contributed by atoms with Gasteiger partial charge in [-0.25, -0.2) is 0 Å². The van der Waals surface area contributed by atoms with Crippen LogP contribution >= 0.6 is 0 Å². The Balaban J connectivity index is 2.87. The van der Waals surface area contributed by atoms with Gasteiger partial charge in [0.05, 0.1) is 5.35 Å². The molecule has 1 aromatic heterocycles. The summed E-state index contributed by atoms with van der Waals surface area (Å²) in [7, 11) is 0. The molecule has 1 aromatic rings. The molecule has 0 spiro atoms. The molecule has 0 aromatic carbocycles. The van der Waals surface area contributed by atoms with Gasteiger partial charge in [0.25, 0.3) is 0 Å². The normalized spacial score (nSPS) is 15.3. The molecule has 0 fully saturated rings. The number of hydrogen-bond donors (Lipinski definition) is 0. The van der Waals surface area contributed by atoms with Crippen LogP contribution in [0.1, 0.15) is 25.5 Å². The van der Waals surface area contributed by atoms with Gasteiger partial charge in [0.15, 0.2) is 0 Å². The molecule has 0 saturated heterocycles. The van der Waals surface area contributed by atoms with Crippen LogP contribution in [0.2, 0.25) is 0 Å². The first-order chi connectivity index (χ1) is 5.77. The lowest BCUT2D eigenvalue weighted by molar-refractivity contribution is 1.01. The maximum Gasteiger partial charge on any atom is 0.0691 e. The Kier molecular flexibility index (Phi) is 1.72. The van der Waals surface area contributed by atoms with Gasteiger partial charge in [-0.1, -0.05) is 12.1 Å². The topological polar surface area (TPSA) is 12.9 Å². The van der Waals surface area contributed by atoms with Crippen molar-refractivity contribution in [2.24, 2.45) is 0 Å². The van der Waals surface area contributed by atoms with E-state index < -0.39 is 0 Å². The minimum absolute atomic E-state index is 1.11. The fourth-order valence-electron chi connectivity index (χ4n) is 1.64. The molecule has 1 heteroatoms. The van der Waals surface area contributed by atoms with E-state index in [1.807, 2.05) is 6.92 Å². The van der Waals surface area contributed by atoms with Gasteiger partial charge in [0.2, 0.25) is 0 Å². The zero-order valence-corrected chi connectivity index (χ0v) is 7.59. The van der Waals surface area contributed by atoms with Gasteiger partial charge in [-0.2, -0.15) is 0 Å². The lowest BCUT2D eigenvalue weighted by atomic mass is 10.0. The van der Waals surface area contributed by atoms with E-state index in [1.54, 1.807) is 0 Å². The molecule has 1 heterocycles. The van der Waals surface area contributed by atoms with Crippen LogP contribution in [-0.4, -0.2) is 4.98 Å². The second-order valence-electron chi connectivity index (χ2n) is 3.41. The number of aromatic nitrogens is 1. The quantitative estimate of drug-likeness (QED) is 0.553. The van der Waals surface area contributed by atoms with Crippen LogP contribution < -0.4 is 10.6 Å². The Hall–Kier alpha value is -1.11. The summed E-state index contributed by atoms with van der Waals surface area (Å²) in [6.07, 6.45) is 4.61. The van der Waals surface area contributed by atoms with Crippen LogP contribution in [0, 0.1) is 6.92 Å². The molecule has 1 nitrogen and oxygen atoms in total. The third-order valence-corrected chi connectivity index (χ3v) is 2.35. The van der Waals surface area contributed by atoms with Gasteiger partial charge in [-0.3, -0.25) is 4.98 Å². The minimum atomic E-state index is 1.11. The Labute approximate surface area is 72.5 Å². The Morgan fingerprint density at radius 3 is 2.92 bits per heavy atom. The monoisotopic (exact) mass is 159 g/mol. The molecule has 0 bridgehead atoms. The van der Waals surface area contributed by atoms with E-state index >= 15 is 0 Å². The first-order valence-corrected chi connectivity index (χ1v) is 4.41. The van der Waals surface area contributed by atoms with Crippen molar-refractivity contribution in [1.29, 1.82) is 0 Å². The van der Waals surface area contributed by atoms with Crippen molar-refractivity contribution in [3.63, 3.8) is 0 Å². The van der Waals surface area contributed by atoms with Crippen LogP contribution in [0.4, 0.5) is 0 Å². The van der Waals surface area contributed by atoms with Gasteiger partial charge in [0, 0.05) is 5.69 Å². The summed E-state index contributed by atoms with van der Waals surface area (Å²) in [4.78, 5) is 4.53. The minimum Gasteiger partial charge on any atom is -0.253 e. The molecule has 62 valence electrons. The summed E-state index contributed by atoms with van der Waals surface area (Å²) in [6.45, 7) is 4.22. The number of rotatable bonds is 0. The van der Waals surface area contributed by atoms with Crippen molar-refractivity contribution in [3.05, 3.63) is 28.4 Å². The summed E-state index contributed by atoms with van der Waals surface area (Å²) in [5.74, 6) is 0. The van der Waals surface area contributed by atoms with Crippen molar-refractivity contribution < 1.29 is 0 Å². The van der Waals surface area contributed by atoms with Crippen LogP contribution in [0.5, 0.6) is 0 Å². The Bertz CT molecular complexity index is 415. The number of pyridine rings is 1. The predicted molar refractivity (Wildman–Crippen MR) is 51.0 cm³/mol. The summed E-state index contributed by atoms with van der Waals surface area (Å²) < 4.78 is 0. The smallest absolute Gasteiger partial charge is 0.0691 e. The second kappa shape index (κ2) is 2.74. The summed E-state index contributed by atoms with van der Waals surface area (Å²) in [6, 6.07) is 4.24. The van der Waals surface area contributed by atoms with E-state index in [9.17, 15) is 0 Å². The number of nitrogens with zero attached hydrogens (tertiary/aromatic N) is 1. The van der Waals surface area contributed by atoms with Crippen LogP contribution in [0.3, 0.4) is 0 Å². The molecule has 1 aliphatic carbocycles. The average molecular weight is 159 g/mol. The van der Waals surface area contributed by atoms with Crippen LogP contribution in [0.15, 0.2) is 12.1 Å². The highest BCUT2D eigenvalue weighted by atomic mass is 14.7. The average Bonchev–Trinajstić information content (AvgIpc) is 2.07. The molecule has 0 radical (unpaired) electrons. The highest BCUT2D eigenvalue weighted by molar-refractivity contribution is 5.47. The first kappa shape index (κ1) is 7.53. The molecule has 0 saturated carbocycles. The molecule has 0 N–H and O–H groups in total. The van der Waals surface area contributed by atoms with Gasteiger partial charge in [0.1, 0.15) is 0 Å². The van der Waals surface area contributed by atoms with Gasteiger partial charge in [-0.05, 0) is 43.5 Å². The number of fused-ring (bicyclic) bond motifs is 1. The summed E-state index contributed by atoms with van der Waals surface area (Å²) >= 11 is 0. The molecule has 1 aliphatic rings.